The molecular weight excluding hydrogens is 326 g/mol. The summed E-state index contributed by atoms with van der Waals surface area (Å²) < 4.78 is 1.32. The van der Waals surface area contributed by atoms with Crippen LogP contribution in [-0.4, -0.2) is 26.8 Å². The van der Waals surface area contributed by atoms with Crippen LogP contribution in [0.1, 0.15) is 43.2 Å². The lowest BCUT2D eigenvalue weighted by atomic mass is 10.1. The lowest BCUT2D eigenvalue weighted by Gasteiger charge is -2.14. The summed E-state index contributed by atoms with van der Waals surface area (Å²) in [6.07, 6.45) is 2.17. The Morgan fingerprint density at radius 2 is 1.92 bits per heavy atom. The van der Waals surface area contributed by atoms with E-state index in [1.54, 1.807) is 24.3 Å². The maximum Gasteiger partial charge on any atom is 0.290 e. The minimum absolute atomic E-state index is 0.153. The molecule has 7 nitrogen and oxygen atoms in total. The first kappa shape index (κ1) is 16.4. The highest BCUT2D eigenvalue weighted by molar-refractivity contribution is 7.80. The third-order valence-electron chi connectivity index (χ3n) is 3.73. The number of nitrogens with zero attached hydrogens (tertiary/aromatic N) is 2. The van der Waals surface area contributed by atoms with Crippen molar-refractivity contribution in [2.24, 2.45) is 0 Å². The molecule has 0 atom stereocenters. The van der Waals surface area contributed by atoms with Gasteiger partial charge in [-0.2, -0.15) is 5.10 Å². The quantitative estimate of drug-likeness (QED) is 0.573. The lowest BCUT2D eigenvalue weighted by Crippen LogP contribution is -2.48. The van der Waals surface area contributed by atoms with E-state index in [-0.39, 0.29) is 17.3 Å². The van der Waals surface area contributed by atoms with Crippen LogP contribution < -0.4 is 21.7 Å². The van der Waals surface area contributed by atoms with E-state index < -0.39 is 5.91 Å². The van der Waals surface area contributed by atoms with Crippen molar-refractivity contribution in [3.63, 3.8) is 0 Å². The van der Waals surface area contributed by atoms with Gasteiger partial charge >= 0.3 is 0 Å². The Bertz CT molecular complexity index is 857. The third-order valence-corrected chi connectivity index (χ3v) is 3.95. The topological polar surface area (TPSA) is 88.1 Å². The minimum Gasteiger partial charge on any atom is -0.359 e. The van der Waals surface area contributed by atoms with Gasteiger partial charge in [0.15, 0.2) is 10.8 Å². The summed E-state index contributed by atoms with van der Waals surface area (Å²) in [4.78, 5) is 25.0. The van der Waals surface area contributed by atoms with Gasteiger partial charge in [-0.1, -0.05) is 18.2 Å². The molecule has 1 aromatic heterocycles. The SMILES string of the molecule is CC(C)n1nc(C(=O)NNC(=S)NC2CC2)c2ccccc2c1=O. The first-order chi connectivity index (χ1) is 11.5. The molecule has 126 valence electrons. The fraction of sp³-hybridized carbons (Fsp3) is 0.375. The number of carbonyl (C=O) groups is 1. The molecule has 0 aliphatic heterocycles. The molecule has 1 aromatic carbocycles. The van der Waals surface area contributed by atoms with Gasteiger partial charge in [-0.15, -0.1) is 0 Å². The number of thiocarbonyl (C=S) groups is 1. The Morgan fingerprint density at radius 1 is 1.25 bits per heavy atom. The average molecular weight is 345 g/mol. The van der Waals surface area contributed by atoms with Crippen LogP contribution in [0, 0.1) is 0 Å². The van der Waals surface area contributed by atoms with Gasteiger partial charge in [0, 0.05) is 11.4 Å². The third kappa shape index (κ3) is 3.38. The molecule has 2 aromatic rings. The molecular formula is C16H19N5O2S. The molecule has 1 aliphatic carbocycles. The summed E-state index contributed by atoms with van der Waals surface area (Å²) in [5, 5.41) is 8.65. The van der Waals surface area contributed by atoms with E-state index in [0.717, 1.165) is 12.8 Å². The Labute approximate surface area is 144 Å². The zero-order valence-corrected chi connectivity index (χ0v) is 14.3. The zero-order valence-electron chi connectivity index (χ0n) is 13.5. The molecule has 1 aliphatic rings. The van der Waals surface area contributed by atoms with E-state index in [4.69, 9.17) is 12.2 Å². The molecule has 0 saturated heterocycles. The predicted molar refractivity (Wildman–Crippen MR) is 95.7 cm³/mol. The first-order valence-electron chi connectivity index (χ1n) is 7.86. The van der Waals surface area contributed by atoms with Crippen molar-refractivity contribution in [2.75, 3.05) is 0 Å². The molecule has 3 N–H and O–H groups in total. The zero-order chi connectivity index (χ0) is 17.3. The standard InChI is InChI=1S/C16H19N5O2S/c1-9(2)21-15(23)12-6-4-3-5-11(12)13(20-21)14(22)18-19-16(24)17-10-7-8-10/h3-6,9-10H,7-8H2,1-2H3,(H,18,22)(H2,17,19,24). The van der Waals surface area contributed by atoms with Crippen molar-refractivity contribution in [1.29, 1.82) is 0 Å². The number of aromatic nitrogens is 2. The number of benzene rings is 1. The van der Waals surface area contributed by atoms with Gasteiger partial charge in [0.1, 0.15) is 0 Å². The Balaban J connectivity index is 1.89. The van der Waals surface area contributed by atoms with Gasteiger partial charge in [0.2, 0.25) is 0 Å². The smallest absolute Gasteiger partial charge is 0.290 e. The summed E-state index contributed by atoms with van der Waals surface area (Å²) >= 11 is 5.11. The Hall–Kier alpha value is -2.48. The second-order valence-electron chi connectivity index (χ2n) is 6.06. The van der Waals surface area contributed by atoms with E-state index in [0.29, 0.717) is 21.9 Å². The molecule has 0 spiro atoms. The van der Waals surface area contributed by atoms with Crippen LogP contribution in [0.2, 0.25) is 0 Å². The van der Waals surface area contributed by atoms with Crippen molar-refractivity contribution < 1.29 is 4.79 Å². The van der Waals surface area contributed by atoms with Gasteiger partial charge in [-0.25, -0.2) is 4.68 Å². The van der Waals surface area contributed by atoms with Crippen LogP contribution in [0.5, 0.6) is 0 Å². The van der Waals surface area contributed by atoms with Gasteiger partial charge in [0.05, 0.1) is 11.4 Å². The van der Waals surface area contributed by atoms with Gasteiger partial charge in [-0.3, -0.25) is 20.4 Å². The number of nitrogens with one attached hydrogen (secondary N) is 3. The Kier molecular flexibility index (Phi) is 4.48. The van der Waals surface area contributed by atoms with Gasteiger partial charge in [-0.05, 0) is 45.0 Å². The van der Waals surface area contributed by atoms with Crippen molar-refractivity contribution >= 4 is 34.0 Å². The monoisotopic (exact) mass is 345 g/mol. The maximum atomic E-state index is 12.5. The molecule has 1 saturated carbocycles. The van der Waals surface area contributed by atoms with Crippen molar-refractivity contribution in [3.05, 3.63) is 40.3 Å². The predicted octanol–water partition coefficient (Wildman–Crippen LogP) is 1.25. The number of amides is 1. The lowest BCUT2D eigenvalue weighted by molar-refractivity contribution is 0.0938. The fourth-order valence-electron chi connectivity index (χ4n) is 2.35. The van der Waals surface area contributed by atoms with E-state index in [1.165, 1.54) is 4.68 Å². The van der Waals surface area contributed by atoms with Crippen LogP contribution >= 0.6 is 12.2 Å². The van der Waals surface area contributed by atoms with E-state index in [1.807, 2.05) is 13.8 Å². The number of carbonyl (C=O) groups excluding carboxylic acids is 1. The first-order valence-corrected chi connectivity index (χ1v) is 8.26. The maximum absolute atomic E-state index is 12.5. The average Bonchev–Trinajstić information content (AvgIpc) is 3.37. The van der Waals surface area contributed by atoms with Crippen LogP contribution in [0.15, 0.2) is 29.1 Å². The van der Waals surface area contributed by atoms with Crippen LogP contribution in [0.3, 0.4) is 0 Å². The largest absolute Gasteiger partial charge is 0.359 e. The van der Waals surface area contributed by atoms with Crippen LogP contribution in [0.4, 0.5) is 0 Å². The summed E-state index contributed by atoms with van der Waals surface area (Å²) in [5.74, 6) is -0.444. The Morgan fingerprint density at radius 3 is 2.54 bits per heavy atom. The summed E-state index contributed by atoms with van der Waals surface area (Å²) in [6.45, 7) is 3.69. The number of rotatable bonds is 3. The summed E-state index contributed by atoms with van der Waals surface area (Å²) in [6, 6.07) is 7.18. The summed E-state index contributed by atoms with van der Waals surface area (Å²) in [7, 11) is 0. The molecule has 0 unspecified atom stereocenters. The van der Waals surface area contributed by atoms with Crippen molar-refractivity contribution in [1.82, 2.24) is 25.9 Å². The highest BCUT2D eigenvalue weighted by Crippen LogP contribution is 2.18. The van der Waals surface area contributed by atoms with Crippen molar-refractivity contribution in [2.45, 2.75) is 38.8 Å². The number of hydrazine groups is 1. The minimum atomic E-state index is -0.444. The molecule has 24 heavy (non-hydrogen) atoms. The van der Waals surface area contributed by atoms with Gasteiger partial charge in [0.25, 0.3) is 11.5 Å². The number of fused-ring (bicyclic) bond motifs is 1. The van der Waals surface area contributed by atoms with Crippen LogP contribution in [-0.2, 0) is 0 Å². The van der Waals surface area contributed by atoms with E-state index in [2.05, 4.69) is 21.3 Å². The second kappa shape index (κ2) is 6.56. The van der Waals surface area contributed by atoms with Gasteiger partial charge < -0.3 is 5.32 Å². The normalized spacial score (nSPS) is 13.8. The summed E-state index contributed by atoms with van der Waals surface area (Å²) in [5.41, 5.74) is 5.18. The number of hydrogen-bond donors (Lipinski definition) is 3. The molecule has 0 bridgehead atoms. The van der Waals surface area contributed by atoms with E-state index >= 15 is 0 Å². The molecule has 1 fully saturated rings. The molecule has 3 rings (SSSR count). The molecule has 0 radical (unpaired) electrons. The molecule has 8 heteroatoms. The second-order valence-corrected chi connectivity index (χ2v) is 6.47. The molecule has 1 amide bonds. The van der Waals surface area contributed by atoms with E-state index in [9.17, 15) is 9.59 Å². The number of hydrogen-bond acceptors (Lipinski definition) is 4. The molecule has 1 heterocycles. The highest BCUT2D eigenvalue weighted by atomic mass is 32.1. The highest BCUT2D eigenvalue weighted by Gasteiger charge is 2.22. The van der Waals surface area contributed by atoms with Crippen LogP contribution in [0.25, 0.3) is 10.8 Å². The fourth-order valence-corrected chi connectivity index (χ4v) is 2.56. The van der Waals surface area contributed by atoms with Crippen molar-refractivity contribution in [3.8, 4) is 0 Å².